The number of aromatic amines is 1. The summed E-state index contributed by atoms with van der Waals surface area (Å²) in [5.41, 5.74) is 1.85. The van der Waals surface area contributed by atoms with E-state index < -0.39 is 0 Å². The maximum atomic E-state index is 12.0. The highest BCUT2D eigenvalue weighted by molar-refractivity contribution is 5.86. The van der Waals surface area contributed by atoms with Crippen molar-refractivity contribution in [2.24, 2.45) is 5.92 Å². The third-order valence-electron chi connectivity index (χ3n) is 3.92. The van der Waals surface area contributed by atoms with Crippen LogP contribution in [-0.2, 0) is 11.2 Å². The molecule has 0 spiro atoms. The topological polar surface area (TPSA) is 69.8 Å². The monoisotopic (exact) mass is 272 g/mol. The molecule has 5 heteroatoms. The van der Waals surface area contributed by atoms with Crippen LogP contribution in [-0.4, -0.2) is 35.5 Å². The molecule has 1 aliphatic heterocycles. The molecule has 3 rings (SSSR count). The number of hydrogen-bond donors (Lipinski definition) is 3. The number of amides is 1. The number of nitrogens with one attached hydrogen (secondary N) is 3. The van der Waals surface area contributed by atoms with Crippen LogP contribution in [0.4, 0.5) is 0 Å². The molecule has 1 aliphatic rings. The van der Waals surface area contributed by atoms with Gasteiger partial charge in [0.05, 0.1) is 6.42 Å². The molecule has 0 saturated carbocycles. The van der Waals surface area contributed by atoms with Gasteiger partial charge in [-0.3, -0.25) is 4.79 Å². The van der Waals surface area contributed by atoms with E-state index in [4.69, 9.17) is 0 Å². The van der Waals surface area contributed by atoms with Crippen LogP contribution in [0.25, 0.3) is 11.0 Å². The summed E-state index contributed by atoms with van der Waals surface area (Å²) < 4.78 is 0. The zero-order valence-corrected chi connectivity index (χ0v) is 11.5. The molecular formula is C15H20N4O. The number of hydrogen-bond acceptors (Lipinski definition) is 3. The lowest BCUT2D eigenvalue weighted by atomic mass is 10.1. The van der Waals surface area contributed by atoms with Gasteiger partial charge in [-0.2, -0.15) is 0 Å². The van der Waals surface area contributed by atoms with Gasteiger partial charge in [-0.05, 0) is 49.5 Å². The molecule has 2 aromatic rings. The van der Waals surface area contributed by atoms with Crippen LogP contribution in [0.5, 0.6) is 0 Å². The van der Waals surface area contributed by atoms with Gasteiger partial charge in [-0.25, -0.2) is 4.98 Å². The second kappa shape index (κ2) is 6.05. The molecule has 3 N–H and O–H groups in total. The normalized spacial score (nSPS) is 18.5. The van der Waals surface area contributed by atoms with E-state index in [-0.39, 0.29) is 5.91 Å². The molecule has 3 heterocycles. The Kier molecular flexibility index (Phi) is 3.97. The van der Waals surface area contributed by atoms with Crippen molar-refractivity contribution in [3.05, 3.63) is 30.1 Å². The molecule has 1 saturated heterocycles. The van der Waals surface area contributed by atoms with E-state index >= 15 is 0 Å². The minimum Gasteiger partial charge on any atom is -0.356 e. The average molecular weight is 272 g/mol. The van der Waals surface area contributed by atoms with Gasteiger partial charge in [0.2, 0.25) is 5.91 Å². The lowest BCUT2D eigenvalue weighted by Crippen LogP contribution is -2.27. The van der Waals surface area contributed by atoms with E-state index in [1.165, 1.54) is 6.42 Å². The molecule has 20 heavy (non-hydrogen) atoms. The van der Waals surface area contributed by atoms with Gasteiger partial charge in [0, 0.05) is 24.3 Å². The first-order valence-electron chi connectivity index (χ1n) is 7.21. The smallest absolute Gasteiger partial charge is 0.224 e. The Morgan fingerprint density at radius 1 is 1.50 bits per heavy atom. The van der Waals surface area contributed by atoms with Crippen LogP contribution in [0.15, 0.2) is 24.5 Å². The Bertz CT molecular complexity index is 586. The number of fused-ring (bicyclic) bond motifs is 1. The second-order valence-corrected chi connectivity index (χ2v) is 5.39. The average Bonchev–Trinajstić information content (AvgIpc) is 3.09. The van der Waals surface area contributed by atoms with Crippen molar-refractivity contribution in [3.63, 3.8) is 0 Å². The maximum Gasteiger partial charge on any atom is 0.224 e. The highest BCUT2D eigenvalue weighted by Crippen LogP contribution is 2.16. The van der Waals surface area contributed by atoms with Gasteiger partial charge >= 0.3 is 0 Å². The molecule has 106 valence electrons. The Morgan fingerprint density at radius 2 is 2.45 bits per heavy atom. The van der Waals surface area contributed by atoms with Crippen molar-refractivity contribution < 1.29 is 4.79 Å². The van der Waals surface area contributed by atoms with E-state index in [1.54, 1.807) is 6.20 Å². The molecular weight excluding hydrogens is 252 g/mol. The fourth-order valence-corrected chi connectivity index (χ4v) is 2.77. The van der Waals surface area contributed by atoms with Crippen LogP contribution >= 0.6 is 0 Å². The van der Waals surface area contributed by atoms with Crippen molar-refractivity contribution in [3.8, 4) is 0 Å². The molecule has 5 nitrogen and oxygen atoms in total. The summed E-state index contributed by atoms with van der Waals surface area (Å²) in [6, 6.07) is 3.89. The predicted molar refractivity (Wildman–Crippen MR) is 78.4 cm³/mol. The fourth-order valence-electron chi connectivity index (χ4n) is 2.77. The molecule has 0 aromatic carbocycles. The predicted octanol–water partition coefficient (Wildman–Crippen LogP) is 1.22. The van der Waals surface area contributed by atoms with Crippen LogP contribution in [0, 0.1) is 5.92 Å². The van der Waals surface area contributed by atoms with Gasteiger partial charge in [-0.1, -0.05) is 0 Å². The van der Waals surface area contributed by atoms with Crippen molar-refractivity contribution >= 4 is 16.9 Å². The van der Waals surface area contributed by atoms with Crippen LogP contribution < -0.4 is 10.6 Å². The fraction of sp³-hybridized carbons (Fsp3) is 0.467. The zero-order valence-electron chi connectivity index (χ0n) is 11.5. The molecule has 0 radical (unpaired) electrons. The molecule has 0 bridgehead atoms. The Balaban J connectivity index is 1.50. The van der Waals surface area contributed by atoms with Crippen LogP contribution in [0.1, 0.15) is 18.4 Å². The lowest BCUT2D eigenvalue weighted by Gasteiger charge is -2.09. The summed E-state index contributed by atoms with van der Waals surface area (Å²) in [7, 11) is 0. The van der Waals surface area contributed by atoms with Crippen molar-refractivity contribution in [2.75, 3.05) is 19.6 Å². The van der Waals surface area contributed by atoms with Gasteiger partial charge < -0.3 is 15.6 Å². The number of pyridine rings is 1. The van der Waals surface area contributed by atoms with Crippen LogP contribution in [0.2, 0.25) is 0 Å². The number of H-pyrrole nitrogens is 1. The van der Waals surface area contributed by atoms with Crippen molar-refractivity contribution in [1.82, 2.24) is 20.6 Å². The van der Waals surface area contributed by atoms with E-state index in [0.29, 0.717) is 12.3 Å². The summed E-state index contributed by atoms with van der Waals surface area (Å²) in [6.45, 7) is 2.97. The summed E-state index contributed by atoms with van der Waals surface area (Å²) in [6.07, 6.45) is 6.32. The lowest BCUT2D eigenvalue weighted by molar-refractivity contribution is -0.120. The minimum absolute atomic E-state index is 0.0840. The van der Waals surface area contributed by atoms with Gasteiger partial charge in [0.15, 0.2) is 0 Å². The first-order chi connectivity index (χ1) is 9.83. The molecule has 1 amide bonds. The van der Waals surface area contributed by atoms with E-state index in [1.807, 2.05) is 18.3 Å². The Labute approximate surface area is 118 Å². The number of rotatable bonds is 5. The highest BCUT2D eigenvalue weighted by atomic mass is 16.1. The first kappa shape index (κ1) is 13.1. The second-order valence-electron chi connectivity index (χ2n) is 5.39. The van der Waals surface area contributed by atoms with Gasteiger partial charge in [0.1, 0.15) is 5.65 Å². The number of carbonyl (C=O) groups is 1. The maximum absolute atomic E-state index is 12.0. The molecule has 2 aromatic heterocycles. The third-order valence-corrected chi connectivity index (χ3v) is 3.92. The first-order valence-corrected chi connectivity index (χ1v) is 7.21. The summed E-state index contributed by atoms with van der Waals surface area (Å²) >= 11 is 0. The molecule has 1 fully saturated rings. The SMILES string of the molecule is O=C(Cc1c[nH]c2ncccc12)NCCC1CCNC1. The Hall–Kier alpha value is -1.88. The minimum atomic E-state index is 0.0840. The third kappa shape index (κ3) is 2.99. The molecule has 1 unspecified atom stereocenters. The Morgan fingerprint density at radius 3 is 3.30 bits per heavy atom. The van der Waals surface area contributed by atoms with Gasteiger partial charge in [0.25, 0.3) is 0 Å². The largest absolute Gasteiger partial charge is 0.356 e. The summed E-state index contributed by atoms with van der Waals surface area (Å²) in [4.78, 5) is 19.3. The summed E-state index contributed by atoms with van der Waals surface area (Å²) in [5.74, 6) is 0.799. The van der Waals surface area contributed by atoms with Crippen molar-refractivity contribution in [1.29, 1.82) is 0 Å². The molecule has 1 atom stereocenters. The van der Waals surface area contributed by atoms with E-state index in [0.717, 1.165) is 42.7 Å². The van der Waals surface area contributed by atoms with Crippen molar-refractivity contribution in [2.45, 2.75) is 19.3 Å². The number of carbonyl (C=O) groups excluding carboxylic acids is 1. The molecule has 0 aliphatic carbocycles. The number of aromatic nitrogens is 2. The van der Waals surface area contributed by atoms with Crippen LogP contribution in [0.3, 0.4) is 0 Å². The van der Waals surface area contributed by atoms with E-state index in [2.05, 4.69) is 20.6 Å². The zero-order chi connectivity index (χ0) is 13.8. The standard InChI is InChI=1S/C15H20N4O/c20-14(17-7-4-11-3-6-16-9-11)8-12-10-19-15-13(12)2-1-5-18-15/h1-2,5,10-11,16H,3-4,6-9H2,(H,17,20)(H,18,19). The summed E-state index contributed by atoms with van der Waals surface area (Å²) in [5, 5.41) is 7.38. The van der Waals surface area contributed by atoms with E-state index in [9.17, 15) is 4.79 Å². The highest BCUT2D eigenvalue weighted by Gasteiger charge is 2.14. The van der Waals surface area contributed by atoms with Gasteiger partial charge in [-0.15, -0.1) is 0 Å². The quantitative estimate of drug-likeness (QED) is 0.766. The number of nitrogens with zero attached hydrogens (tertiary/aromatic N) is 1.